The summed E-state index contributed by atoms with van der Waals surface area (Å²) >= 11 is 0. The molecule has 0 amide bonds. The number of hydrogen-bond acceptors (Lipinski definition) is 0. The third kappa shape index (κ3) is 6.02. The van der Waals surface area contributed by atoms with E-state index in [2.05, 4.69) is 21.0 Å². The average molecular weight is 147 g/mol. The molecular formula is C5H11B7. The summed E-state index contributed by atoms with van der Waals surface area (Å²) in [6, 6.07) is 0. The first-order valence-electron chi connectivity index (χ1n) is 4.53. The van der Waals surface area contributed by atoms with Crippen molar-refractivity contribution in [3.63, 3.8) is 0 Å². The van der Waals surface area contributed by atoms with Crippen LogP contribution in [0.3, 0.4) is 0 Å². The van der Waals surface area contributed by atoms with E-state index in [4.69, 9.17) is 15.5 Å². The van der Waals surface area contributed by atoms with Crippen molar-refractivity contribution in [1.29, 1.82) is 0 Å². The standard InChI is InChI=1S/C5H11B7/c1-3-4-5(2)8-12(10-7)11-9-6/h5H,3-4H2,1-2H3. The van der Waals surface area contributed by atoms with Crippen LogP contribution in [0.5, 0.6) is 0 Å². The number of hydrogen-bond donors (Lipinski definition) is 0. The van der Waals surface area contributed by atoms with Gasteiger partial charge in [-0.15, -0.1) is 0 Å². The summed E-state index contributed by atoms with van der Waals surface area (Å²) in [5.74, 6) is 0.607. The van der Waals surface area contributed by atoms with Crippen molar-refractivity contribution in [3.8, 4) is 0 Å². The van der Waals surface area contributed by atoms with E-state index in [1.54, 1.807) is 14.1 Å². The minimum atomic E-state index is 0.219. The molecule has 0 aliphatic heterocycles. The minimum absolute atomic E-state index is 0.219. The first kappa shape index (κ1) is 12.5. The van der Waals surface area contributed by atoms with Crippen LogP contribution in [0, 0.1) is 0 Å². The second-order valence-electron chi connectivity index (χ2n) is 3.11. The fraction of sp³-hybridized carbons (Fsp3) is 1.00. The largest absolute Gasteiger partial charge is 0.0810 e. The van der Waals surface area contributed by atoms with Gasteiger partial charge in [0, 0.05) is 43.0 Å². The smallest absolute Gasteiger partial charge is 0.0583 e. The van der Waals surface area contributed by atoms with Gasteiger partial charge in [0.25, 0.3) is 0 Å². The highest BCUT2D eigenvalue weighted by molar-refractivity contribution is 7.75. The lowest BCUT2D eigenvalue weighted by Crippen LogP contribution is -2.42. The first-order chi connectivity index (χ1) is 5.74. The van der Waals surface area contributed by atoms with E-state index in [0.717, 1.165) is 0 Å². The van der Waals surface area contributed by atoms with Gasteiger partial charge in [0.1, 0.15) is 0 Å². The highest BCUT2D eigenvalue weighted by atomic mass is 13.9. The SMILES string of the molecule is [B][B][B]B([B][B])[B]C(C)CCC. The van der Waals surface area contributed by atoms with E-state index >= 15 is 0 Å². The summed E-state index contributed by atoms with van der Waals surface area (Å²) in [5.41, 5.74) is 0. The van der Waals surface area contributed by atoms with Gasteiger partial charge in [-0.05, 0) is 0 Å². The number of rotatable bonds is 7. The molecular weight excluding hydrogens is 136 g/mol. The van der Waals surface area contributed by atoms with E-state index in [9.17, 15) is 0 Å². The normalized spacial score (nSPS) is 11.5. The maximum absolute atomic E-state index is 5.44. The molecule has 8 radical (unpaired) electrons. The van der Waals surface area contributed by atoms with E-state index in [0.29, 0.717) is 5.82 Å². The summed E-state index contributed by atoms with van der Waals surface area (Å²) in [4.78, 5) is 0. The van der Waals surface area contributed by atoms with Crippen LogP contribution in [0.25, 0.3) is 0 Å². The molecule has 0 rings (SSSR count). The summed E-state index contributed by atoms with van der Waals surface area (Å²) in [7, 11) is 18.0. The molecule has 0 aliphatic rings. The molecule has 0 heterocycles. The molecule has 0 spiro atoms. The quantitative estimate of drug-likeness (QED) is 0.425. The third-order valence-corrected chi connectivity index (χ3v) is 1.85. The van der Waals surface area contributed by atoms with E-state index < -0.39 is 0 Å². The van der Waals surface area contributed by atoms with Gasteiger partial charge in [-0.2, -0.15) is 0 Å². The molecule has 0 aromatic carbocycles. The minimum Gasteiger partial charge on any atom is -0.0810 e. The van der Waals surface area contributed by atoms with Crippen LogP contribution in [0.1, 0.15) is 26.7 Å². The molecule has 7 heteroatoms. The Balaban J connectivity index is 3.53. The molecule has 1 atom stereocenters. The Morgan fingerprint density at radius 3 is 2.50 bits per heavy atom. The van der Waals surface area contributed by atoms with Crippen molar-refractivity contribution in [1.82, 2.24) is 0 Å². The average Bonchev–Trinajstić information content (AvgIpc) is 2.04. The van der Waals surface area contributed by atoms with Gasteiger partial charge in [-0.1, -0.05) is 32.5 Å². The summed E-state index contributed by atoms with van der Waals surface area (Å²) in [5, 5.41) is 0. The van der Waals surface area contributed by atoms with Crippen molar-refractivity contribution in [2.24, 2.45) is 0 Å². The van der Waals surface area contributed by atoms with Gasteiger partial charge < -0.3 is 0 Å². The topological polar surface area (TPSA) is 0 Å². The molecule has 0 bridgehead atoms. The van der Waals surface area contributed by atoms with E-state index in [1.807, 2.05) is 7.06 Å². The fourth-order valence-corrected chi connectivity index (χ4v) is 1.25. The summed E-state index contributed by atoms with van der Waals surface area (Å²) in [6.45, 7) is 4.38. The molecule has 0 saturated heterocycles. The predicted octanol–water partition coefficient (Wildman–Crippen LogP) is -0.521. The molecule has 1 unspecified atom stereocenters. The molecule has 0 saturated carbocycles. The zero-order chi connectivity index (χ0) is 9.40. The zero-order valence-corrected chi connectivity index (χ0v) is 8.03. The Morgan fingerprint density at radius 1 is 1.42 bits per heavy atom. The van der Waals surface area contributed by atoms with Crippen LogP contribution in [0.4, 0.5) is 0 Å². The van der Waals surface area contributed by atoms with Gasteiger partial charge in [-0.3, -0.25) is 0 Å². The molecule has 0 fully saturated rings. The molecule has 52 valence electrons. The Kier molecular flexibility index (Phi) is 8.38. The maximum Gasteiger partial charge on any atom is 0.0583 e. The predicted molar refractivity (Wildman–Crippen MR) is 64.6 cm³/mol. The summed E-state index contributed by atoms with van der Waals surface area (Å²) < 4.78 is 0. The lowest BCUT2D eigenvalue weighted by atomic mass is 8.80. The lowest BCUT2D eigenvalue weighted by Gasteiger charge is -2.14. The van der Waals surface area contributed by atoms with Gasteiger partial charge in [-0.25, -0.2) is 0 Å². The Hall–Kier alpha value is 0.455. The Bertz CT molecular complexity index is 97.8. The molecule has 0 nitrogen and oxygen atoms in total. The van der Waals surface area contributed by atoms with Crippen molar-refractivity contribution < 1.29 is 0 Å². The maximum atomic E-state index is 5.44. The van der Waals surface area contributed by atoms with Crippen molar-refractivity contribution in [3.05, 3.63) is 0 Å². The van der Waals surface area contributed by atoms with Gasteiger partial charge in [0.2, 0.25) is 0 Å². The van der Waals surface area contributed by atoms with Crippen LogP contribution in [0.2, 0.25) is 5.82 Å². The molecule has 0 aromatic rings. The Morgan fingerprint density at radius 2 is 2.08 bits per heavy atom. The van der Waals surface area contributed by atoms with Crippen LogP contribution >= 0.6 is 0 Å². The van der Waals surface area contributed by atoms with Crippen molar-refractivity contribution in [2.75, 3.05) is 0 Å². The highest BCUT2D eigenvalue weighted by Gasteiger charge is 2.13. The van der Waals surface area contributed by atoms with Crippen LogP contribution in [0.15, 0.2) is 0 Å². The zero-order valence-electron chi connectivity index (χ0n) is 8.03. The van der Waals surface area contributed by atoms with Gasteiger partial charge >= 0.3 is 0 Å². The van der Waals surface area contributed by atoms with E-state index in [1.165, 1.54) is 12.8 Å². The molecule has 0 aromatic heterocycles. The summed E-state index contributed by atoms with van der Waals surface area (Å²) in [6.07, 6.45) is 2.64. The van der Waals surface area contributed by atoms with Crippen molar-refractivity contribution in [2.45, 2.75) is 32.5 Å². The highest BCUT2D eigenvalue weighted by Crippen LogP contribution is 2.09. The van der Waals surface area contributed by atoms with Crippen LogP contribution in [-0.4, -0.2) is 50.2 Å². The third-order valence-electron chi connectivity index (χ3n) is 1.85. The second kappa shape index (κ2) is 8.07. The van der Waals surface area contributed by atoms with E-state index in [-0.39, 0.29) is 6.39 Å². The van der Waals surface area contributed by atoms with Crippen LogP contribution in [-0.2, 0) is 0 Å². The molecule has 0 aliphatic carbocycles. The molecule has 0 N–H and O–H groups in total. The second-order valence-corrected chi connectivity index (χ2v) is 3.11. The van der Waals surface area contributed by atoms with Crippen LogP contribution < -0.4 is 0 Å². The molecule has 12 heavy (non-hydrogen) atoms. The van der Waals surface area contributed by atoms with Crippen molar-refractivity contribution >= 4 is 50.2 Å². The fourth-order valence-electron chi connectivity index (χ4n) is 1.25. The Labute approximate surface area is 83.2 Å². The monoisotopic (exact) mass is 148 g/mol. The van der Waals surface area contributed by atoms with Gasteiger partial charge in [0.15, 0.2) is 0 Å². The van der Waals surface area contributed by atoms with Gasteiger partial charge in [0.05, 0.1) is 7.17 Å². The lowest BCUT2D eigenvalue weighted by molar-refractivity contribution is 0.767. The first-order valence-corrected chi connectivity index (χ1v) is 4.53.